The minimum Gasteiger partial charge on any atom is -0.496 e. The normalized spacial score (nSPS) is 11.6. The summed E-state index contributed by atoms with van der Waals surface area (Å²) < 4.78 is 29.2. The highest BCUT2D eigenvalue weighted by atomic mass is 16.5. The molecule has 0 spiro atoms. The fraction of sp³-hybridized carbons (Fsp3) is 0.300. The van der Waals surface area contributed by atoms with Crippen LogP contribution in [0.2, 0.25) is 0 Å². The smallest absolute Gasteiger partial charge is 0.206 e. The number of methoxy groups -OCH3 is 4. The molecule has 0 amide bonds. The predicted octanol–water partition coefficient (Wildman–Crippen LogP) is 7.36. The Kier molecular flexibility index (Phi) is 11.4. The molecule has 4 aromatic carbocycles. The van der Waals surface area contributed by atoms with Crippen LogP contribution in [0.3, 0.4) is 0 Å². The molecule has 0 aliphatic carbocycles. The Morgan fingerprint density at radius 2 is 0.612 bits per heavy atom. The van der Waals surface area contributed by atoms with Gasteiger partial charge in [0.25, 0.3) is 0 Å². The first-order valence-corrected chi connectivity index (χ1v) is 15.9. The maximum Gasteiger partial charge on any atom is 0.206 e. The largest absolute Gasteiger partial charge is 0.496 e. The van der Waals surface area contributed by atoms with Gasteiger partial charge in [-0.15, -0.1) is 0 Å². The summed E-state index contributed by atoms with van der Waals surface area (Å²) in [7, 11) is 5.61. The zero-order chi connectivity index (χ0) is 35.9. The van der Waals surface area contributed by atoms with E-state index >= 15 is 19.2 Å². The van der Waals surface area contributed by atoms with Crippen LogP contribution in [0.1, 0.15) is 69.1 Å². The van der Waals surface area contributed by atoms with E-state index < -0.39 is 46.2 Å². The van der Waals surface area contributed by atoms with Crippen molar-refractivity contribution in [3.05, 3.63) is 119 Å². The van der Waals surface area contributed by atoms with Gasteiger partial charge in [0.15, 0.2) is 11.2 Å². The van der Waals surface area contributed by atoms with Gasteiger partial charge in [0.2, 0.25) is 23.1 Å². The van der Waals surface area contributed by atoms with Gasteiger partial charge in [-0.2, -0.15) is 0 Å². The van der Waals surface area contributed by atoms with Gasteiger partial charge < -0.3 is 23.7 Å². The molecule has 256 valence electrons. The van der Waals surface area contributed by atoms with Gasteiger partial charge in [0.1, 0.15) is 23.0 Å². The third kappa shape index (κ3) is 6.46. The number of rotatable bonds is 16. The number of ketones is 4. The van der Waals surface area contributed by atoms with Gasteiger partial charge in [-0.05, 0) is 60.4 Å². The van der Waals surface area contributed by atoms with Crippen molar-refractivity contribution in [2.75, 3.05) is 28.4 Å². The lowest BCUT2D eigenvalue weighted by atomic mass is 9.72. The second kappa shape index (κ2) is 15.3. The summed E-state index contributed by atoms with van der Waals surface area (Å²) in [6.07, 6.45) is 0. The van der Waals surface area contributed by atoms with Crippen molar-refractivity contribution in [3.63, 3.8) is 0 Å². The van der Waals surface area contributed by atoms with E-state index in [1.807, 2.05) is 0 Å². The van der Waals surface area contributed by atoms with Crippen molar-refractivity contribution < 1.29 is 42.9 Å². The molecular weight excluding hydrogens is 624 g/mol. The van der Waals surface area contributed by atoms with Crippen molar-refractivity contribution in [2.45, 2.75) is 38.9 Å². The number of benzene rings is 4. The number of Topliss-reactive ketones (excluding diaryl/α,β-unsaturated/α-hetero) is 4. The average molecular weight is 667 g/mol. The molecule has 0 aromatic heterocycles. The fourth-order valence-corrected chi connectivity index (χ4v) is 6.06. The Morgan fingerprint density at radius 1 is 0.408 bits per heavy atom. The highest BCUT2D eigenvalue weighted by molar-refractivity contribution is 6.27. The molecule has 9 heteroatoms. The van der Waals surface area contributed by atoms with Crippen LogP contribution in [-0.2, 0) is 4.74 Å². The Morgan fingerprint density at radius 3 is 0.796 bits per heavy atom. The highest BCUT2D eigenvalue weighted by Crippen LogP contribution is 2.44. The first-order chi connectivity index (χ1) is 23.5. The average Bonchev–Trinajstić information content (AvgIpc) is 3.14. The first kappa shape index (κ1) is 36.6. The summed E-state index contributed by atoms with van der Waals surface area (Å²) in [6, 6.07) is 25.6. The first-order valence-electron chi connectivity index (χ1n) is 15.9. The Balaban J connectivity index is 2.18. The molecule has 0 N–H and O–H groups in total. The maximum atomic E-state index is 15.2. The Hall–Kier alpha value is -5.28. The molecule has 0 aliphatic rings. The van der Waals surface area contributed by atoms with E-state index in [9.17, 15) is 0 Å². The van der Waals surface area contributed by atoms with E-state index in [0.29, 0.717) is 0 Å². The molecular formula is C40H42O9. The van der Waals surface area contributed by atoms with Gasteiger partial charge in [-0.25, -0.2) is 0 Å². The summed E-state index contributed by atoms with van der Waals surface area (Å²) in [6.45, 7) is 6.53. The molecule has 9 nitrogen and oxygen atoms in total. The summed E-state index contributed by atoms with van der Waals surface area (Å²) in [4.78, 5) is 60.9. The molecule has 0 unspecified atom stereocenters. The van der Waals surface area contributed by atoms with Crippen molar-refractivity contribution in [3.8, 4) is 23.0 Å². The van der Waals surface area contributed by atoms with E-state index in [-0.39, 0.29) is 45.3 Å². The molecule has 4 aromatic rings. The van der Waals surface area contributed by atoms with E-state index in [2.05, 4.69) is 0 Å². The lowest BCUT2D eigenvalue weighted by Crippen LogP contribution is -2.65. The topological polar surface area (TPSA) is 114 Å². The molecule has 0 saturated carbocycles. The minimum atomic E-state index is -2.48. The number of hydrogen-bond donors (Lipinski definition) is 0. The SMILES string of the molecule is COc1ccccc1C(=O)C(OC(C(=O)c1ccccc1OC)(C(=O)c1ccccc1OC)C(C)C)(C(=O)c1ccccc1OC)C(C)C. The van der Waals surface area contributed by atoms with Gasteiger partial charge in [-0.3, -0.25) is 19.2 Å². The van der Waals surface area contributed by atoms with E-state index in [4.69, 9.17) is 23.7 Å². The Bertz CT molecular complexity index is 1590. The van der Waals surface area contributed by atoms with E-state index in [1.54, 1.807) is 100 Å². The molecule has 0 saturated heterocycles. The van der Waals surface area contributed by atoms with Gasteiger partial charge in [0, 0.05) is 0 Å². The van der Waals surface area contributed by atoms with Crippen LogP contribution in [0.5, 0.6) is 23.0 Å². The summed E-state index contributed by atoms with van der Waals surface area (Å²) in [5.41, 5.74) is -4.88. The molecule has 0 radical (unpaired) electrons. The summed E-state index contributed by atoms with van der Waals surface area (Å²) >= 11 is 0. The number of hydrogen-bond acceptors (Lipinski definition) is 9. The van der Waals surface area contributed by atoms with Crippen LogP contribution >= 0.6 is 0 Å². The zero-order valence-electron chi connectivity index (χ0n) is 29.1. The fourth-order valence-electron chi connectivity index (χ4n) is 6.06. The van der Waals surface area contributed by atoms with Gasteiger partial charge in [-0.1, -0.05) is 76.2 Å². The van der Waals surface area contributed by atoms with Crippen LogP contribution in [0.25, 0.3) is 0 Å². The molecule has 0 bridgehead atoms. The zero-order valence-corrected chi connectivity index (χ0v) is 29.1. The van der Waals surface area contributed by atoms with Crippen molar-refractivity contribution in [2.24, 2.45) is 11.8 Å². The summed E-state index contributed by atoms with van der Waals surface area (Å²) in [5, 5.41) is 0. The predicted molar refractivity (Wildman–Crippen MR) is 186 cm³/mol. The van der Waals surface area contributed by atoms with Crippen LogP contribution in [0.4, 0.5) is 0 Å². The van der Waals surface area contributed by atoms with Crippen LogP contribution in [0.15, 0.2) is 97.1 Å². The monoisotopic (exact) mass is 666 g/mol. The van der Waals surface area contributed by atoms with Gasteiger partial charge >= 0.3 is 0 Å². The second-order valence-corrected chi connectivity index (χ2v) is 12.0. The van der Waals surface area contributed by atoms with Crippen LogP contribution in [0, 0.1) is 11.8 Å². The van der Waals surface area contributed by atoms with Crippen LogP contribution in [-0.4, -0.2) is 62.8 Å². The van der Waals surface area contributed by atoms with Crippen molar-refractivity contribution in [1.29, 1.82) is 0 Å². The van der Waals surface area contributed by atoms with Crippen LogP contribution < -0.4 is 18.9 Å². The second-order valence-electron chi connectivity index (χ2n) is 12.0. The van der Waals surface area contributed by atoms with E-state index in [0.717, 1.165) is 0 Å². The van der Waals surface area contributed by atoms with Crippen molar-refractivity contribution >= 4 is 23.1 Å². The quantitative estimate of drug-likeness (QED) is 0.0894. The summed E-state index contributed by atoms with van der Waals surface area (Å²) in [5.74, 6) is -4.40. The number of carbonyl (C=O) groups is 4. The number of para-hydroxylation sites is 4. The molecule has 0 aliphatic heterocycles. The van der Waals surface area contributed by atoms with Gasteiger partial charge in [0.05, 0.1) is 50.7 Å². The molecule has 0 fully saturated rings. The molecule has 49 heavy (non-hydrogen) atoms. The lowest BCUT2D eigenvalue weighted by Gasteiger charge is -2.45. The third-order valence-electron chi connectivity index (χ3n) is 8.70. The Labute approximate surface area is 287 Å². The molecule has 0 heterocycles. The maximum absolute atomic E-state index is 15.2. The van der Waals surface area contributed by atoms with Crippen molar-refractivity contribution in [1.82, 2.24) is 0 Å². The molecule has 4 rings (SSSR count). The lowest BCUT2D eigenvalue weighted by molar-refractivity contribution is -0.109. The highest BCUT2D eigenvalue weighted by Gasteiger charge is 2.62. The molecule has 0 atom stereocenters. The standard InChI is InChI=1S/C40H42O9/c1-25(2)39(35(41)27-17-9-13-21-31(27)45-5,36(42)28-18-10-14-22-32(28)46-6)49-40(26(3)4,37(43)29-19-11-15-23-33(29)47-7)38(44)30-20-12-16-24-34(30)48-8/h9-26H,1-8H3. The third-order valence-corrected chi connectivity index (χ3v) is 8.70. The van der Waals surface area contributed by atoms with E-state index in [1.165, 1.54) is 52.7 Å². The minimum absolute atomic E-state index is 0.0223. The number of carbonyl (C=O) groups excluding carboxylic acids is 4. The number of ether oxygens (including phenoxy) is 5.